The lowest BCUT2D eigenvalue weighted by Gasteiger charge is -2.53. The van der Waals surface area contributed by atoms with Gasteiger partial charge in [-0.05, 0) is 55.3 Å². The van der Waals surface area contributed by atoms with E-state index in [4.69, 9.17) is 5.10 Å². The molecule has 1 saturated heterocycles. The molecule has 4 heterocycles. The van der Waals surface area contributed by atoms with Crippen LogP contribution in [0.1, 0.15) is 12.5 Å². The standard InChI is InChI=1S/C25H23BrN6O/c1-17-25(23(33)32(29-17)20-6-3-2-4-7-20)15-18-14-19(26)8-9-21(18)31-13-12-30(16-22(25)31)24-27-10-5-11-28-24/h2-11,14,22H,12-13,15-16H2,1H3. The number of hydrogen-bond donors (Lipinski definition) is 0. The Hall–Kier alpha value is -3.26. The molecule has 0 radical (unpaired) electrons. The molecule has 1 fully saturated rings. The van der Waals surface area contributed by atoms with E-state index in [0.717, 1.165) is 29.0 Å². The van der Waals surface area contributed by atoms with Crippen molar-refractivity contribution in [2.75, 3.05) is 34.4 Å². The van der Waals surface area contributed by atoms with Crippen LogP contribution in [0.5, 0.6) is 0 Å². The number of benzene rings is 2. The van der Waals surface area contributed by atoms with E-state index in [9.17, 15) is 4.79 Å². The van der Waals surface area contributed by atoms with Gasteiger partial charge in [-0.2, -0.15) is 10.1 Å². The van der Waals surface area contributed by atoms with Gasteiger partial charge < -0.3 is 9.80 Å². The molecule has 0 aliphatic carbocycles. The highest BCUT2D eigenvalue weighted by atomic mass is 79.9. The largest absolute Gasteiger partial charge is 0.363 e. The Morgan fingerprint density at radius 1 is 1.03 bits per heavy atom. The summed E-state index contributed by atoms with van der Waals surface area (Å²) in [5.74, 6) is 0.733. The third kappa shape index (κ3) is 3.08. The van der Waals surface area contributed by atoms with E-state index in [1.807, 2.05) is 43.3 Å². The zero-order valence-corrected chi connectivity index (χ0v) is 19.8. The fourth-order valence-corrected chi connectivity index (χ4v) is 5.89. The fourth-order valence-electron chi connectivity index (χ4n) is 5.48. The van der Waals surface area contributed by atoms with Crippen molar-refractivity contribution >= 4 is 44.9 Å². The number of nitrogens with zero attached hydrogens (tertiary/aromatic N) is 6. The lowest BCUT2D eigenvalue weighted by molar-refractivity contribution is -0.125. The van der Waals surface area contributed by atoms with Crippen LogP contribution in [0.2, 0.25) is 0 Å². The first kappa shape index (κ1) is 20.4. The molecule has 3 aromatic rings. The van der Waals surface area contributed by atoms with E-state index >= 15 is 0 Å². The summed E-state index contributed by atoms with van der Waals surface area (Å²) in [7, 11) is 0. The molecule has 1 amide bonds. The van der Waals surface area contributed by atoms with E-state index in [1.54, 1.807) is 17.4 Å². The lowest BCUT2D eigenvalue weighted by Crippen LogP contribution is -2.67. The van der Waals surface area contributed by atoms with Crippen molar-refractivity contribution in [3.05, 3.63) is 77.0 Å². The van der Waals surface area contributed by atoms with Gasteiger partial charge in [-0.25, -0.2) is 9.97 Å². The van der Waals surface area contributed by atoms with E-state index in [1.165, 1.54) is 11.3 Å². The normalized spacial score (nSPS) is 24.1. The molecule has 33 heavy (non-hydrogen) atoms. The Morgan fingerprint density at radius 3 is 2.61 bits per heavy atom. The summed E-state index contributed by atoms with van der Waals surface area (Å²) in [6.45, 7) is 4.23. The van der Waals surface area contributed by atoms with Crippen LogP contribution in [-0.4, -0.2) is 47.3 Å². The summed E-state index contributed by atoms with van der Waals surface area (Å²) in [6.07, 6.45) is 4.15. The van der Waals surface area contributed by atoms with Crippen LogP contribution in [0, 0.1) is 5.41 Å². The van der Waals surface area contributed by atoms with Gasteiger partial charge in [0.05, 0.1) is 17.4 Å². The highest BCUT2D eigenvalue weighted by molar-refractivity contribution is 9.10. The van der Waals surface area contributed by atoms with Gasteiger partial charge in [-0.15, -0.1) is 0 Å². The second-order valence-electron chi connectivity index (χ2n) is 8.76. The molecule has 7 nitrogen and oxygen atoms in total. The second-order valence-corrected chi connectivity index (χ2v) is 9.68. The van der Waals surface area contributed by atoms with Crippen LogP contribution >= 0.6 is 15.9 Å². The van der Waals surface area contributed by atoms with Gasteiger partial charge in [0, 0.05) is 42.2 Å². The third-order valence-electron chi connectivity index (χ3n) is 7.07. The predicted molar refractivity (Wildman–Crippen MR) is 133 cm³/mol. The minimum absolute atomic E-state index is 0.0302. The molecule has 2 atom stereocenters. The van der Waals surface area contributed by atoms with Gasteiger partial charge in [-0.3, -0.25) is 4.79 Å². The fraction of sp³-hybridized carbons (Fsp3) is 0.280. The topological polar surface area (TPSA) is 64.9 Å². The molecule has 3 aliphatic heterocycles. The second kappa shape index (κ2) is 7.66. The van der Waals surface area contributed by atoms with Crippen molar-refractivity contribution < 1.29 is 4.79 Å². The molecule has 1 aromatic heterocycles. The van der Waals surface area contributed by atoms with Crippen molar-refractivity contribution in [1.29, 1.82) is 0 Å². The Labute approximate surface area is 200 Å². The summed E-state index contributed by atoms with van der Waals surface area (Å²) in [6, 6.07) is 17.8. The number of rotatable bonds is 2. The number of aromatic nitrogens is 2. The highest BCUT2D eigenvalue weighted by Gasteiger charge is 2.60. The molecule has 0 N–H and O–H groups in total. The predicted octanol–water partition coefficient (Wildman–Crippen LogP) is 3.90. The van der Waals surface area contributed by atoms with Crippen molar-refractivity contribution in [3.63, 3.8) is 0 Å². The van der Waals surface area contributed by atoms with Crippen molar-refractivity contribution in [1.82, 2.24) is 9.97 Å². The molecule has 3 aliphatic rings. The average Bonchev–Trinajstić information content (AvgIpc) is 3.10. The minimum Gasteiger partial charge on any atom is -0.363 e. The van der Waals surface area contributed by atoms with Crippen LogP contribution in [0.3, 0.4) is 0 Å². The minimum atomic E-state index is -0.753. The van der Waals surface area contributed by atoms with E-state index in [-0.39, 0.29) is 11.9 Å². The molecule has 2 unspecified atom stereocenters. The molecule has 8 heteroatoms. The van der Waals surface area contributed by atoms with Gasteiger partial charge >= 0.3 is 0 Å². The van der Waals surface area contributed by atoms with Gasteiger partial charge in [0.15, 0.2) is 0 Å². The molecule has 2 aromatic carbocycles. The molecule has 166 valence electrons. The van der Waals surface area contributed by atoms with Crippen molar-refractivity contribution in [2.24, 2.45) is 10.5 Å². The van der Waals surface area contributed by atoms with Crippen LogP contribution in [-0.2, 0) is 11.2 Å². The van der Waals surface area contributed by atoms with Gasteiger partial charge in [0.1, 0.15) is 5.41 Å². The quantitative estimate of drug-likeness (QED) is 0.531. The van der Waals surface area contributed by atoms with Crippen LogP contribution in [0.25, 0.3) is 0 Å². The Bertz CT molecular complexity index is 1250. The van der Waals surface area contributed by atoms with E-state index in [2.05, 4.69) is 53.9 Å². The van der Waals surface area contributed by atoms with Crippen molar-refractivity contribution in [3.8, 4) is 0 Å². The van der Waals surface area contributed by atoms with Gasteiger partial charge in [0.25, 0.3) is 5.91 Å². The summed E-state index contributed by atoms with van der Waals surface area (Å²) >= 11 is 3.63. The molecular weight excluding hydrogens is 480 g/mol. The third-order valence-corrected chi connectivity index (χ3v) is 7.57. The zero-order valence-electron chi connectivity index (χ0n) is 18.2. The maximum absolute atomic E-state index is 14.2. The number of amides is 1. The smallest absolute Gasteiger partial charge is 0.261 e. The maximum Gasteiger partial charge on any atom is 0.261 e. The number of hydrogen-bond acceptors (Lipinski definition) is 6. The van der Waals surface area contributed by atoms with Crippen molar-refractivity contribution in [2.45, 2.75) is 19.4 Å². The first-order chi connectivity index (χ1) is 16.1. The van der Waals surface area contributed by atoms with Crippen LogP contribution in [0.4, 0.5) is 17.3 Å². The number of anilines is 3. The Balaban J connectivity index is 1.47. The van der Waals surface area contributed by atoms with Crippen LogP contribution < -0.4 is 14.8 Å². The Morgan fingerprint density at radius 2 is 1.82 bits per heavy atom. The number of halogens is 1. The van der Waals surface area contributed by atoms with Gasteiger partial charge in [0.2, 0.25) is 5.95 Å². The number of para-hydroxylation sites is 1. The van der Waals surface area contributed by atoms with Gasteiger partial charge in [-0.1, -0.05) is 34.1 Å². The van der Waals surface area contributed by atoms with E-state index in [0.29, 0.717) is 18.9 Å². The first-order valence-corrected chi connectivity index (χ1v) is 11.9. The molecule has 6 rings (SSSR count). The average molecular weight is 503 g/mol. The zero-order chi connectivity index (χ0) is 22.6. The highest BCUT2D eigenvalue weighted by Crippen LogP contribution is 2.48. The lowest BCUT2D eigenvalue weighted by atomic mass is 9.67. The number of carbonyl (C=O) groups is 1. The SMILES string of the molecule is CC1=NN(c2ccccc2)C(=O)C12Cc1cc(Br)ccc1N1CCN(c3ncccn3)CC12. The maximum atomic E-state index is 14.2. The Kier molecular flexibility index (Phi) is 4.72. The number of carbonyl (C=O) groups excluding carboxylic acids is 1. The first-order valence-electron chi connectivity index (χ1n) is 11.1. The summed E-state index contributed by atoms with van der Waals surface area (Å²) in [5, 5.41) is 6.40. The number of fused-ring (bicyclic) bond motifs is 4. The molecule has 0 bridgehead atoms. The summed E-state index contributed by atoms with van der Waals surface area (Å²) in [5.41, 5.74) is 3.26. The summed E-state index contributed by atoms with van der Waals surface area (Å²) < 4.78 is 1.02. The summed E-state index contributed by atoms with van der Waals surface area (Å²) in [4.78, 5) is 27.8. The molecular formula is C25H23BrN6O. The van der Waals surface area contributed by atoms with Crippen LogP contribution in [0.15, 0.2) is 76.6 Å². The number of hydrazone groups is 1. The molecule has 1 spiro atoms. The molecule has 0 saturated carbocycles. The van der Waals surface area contributed by atoms with E-state index < -0.39 is 5.41 Å². The monoisotopic (exact) mass is 502 g/mol. The number of piperazine rings is 1.